The summed E-state index contributed by atoms with van der Waals surface area (Å²) >= 11 is 0. The number of nitrogens with zero attached hydrogens (tertiary/aromatic N) is 1. The first-order chi connectivity index (χ1) is 8.25. The smallest absolute Gasteiger partial charge is 0.241 e. The number of rotatable bonds is 6. The van der Waals surface area contributed by atoms with Crippen molar-refractivity contribution in [3.05, 3.63) is 35.9 Å². The van der Waals surface area contributed by atoms with Gasteiger partial charge in [-0.1, -0.05) is 30.3 Å². The van der Waals surface area contributed by atoms with Gasteiger partial charge < -0.3 is 11.1 Å². The van der Waals surface area contributed by atoms with Gasteiger partial charge in [-0.25, -0.2) is 0 Å². The number of benzene rings is 1. The number of amides is 1. The zero-order chi connectivity index (χ0) is 12.5. The molecule has 90 valence electrons. The van der Waals surface area contributed by atoms with Gasteiger partial charge in [0, 0.05) is 13.0 Å². The Balaban J connectivity index is 2.31. The fourth-order valence-electron chi connectivity index (χ4n) is 1.46. The summed E-state index contributed by atoms with van der Waals surface area (Å²) in [6, 6.07) is 10.7. The molecule has 0 aromatic heterocycles. The SMILES string of the molecule is N#CCCCCNC(=O)[C@H](N)c1ccccc1. The number of nitrogens with two attached hydrogens (primary N) is 1. The van der Waals surface area contributed by atoms with Crippen LogP contribution in [0.25, 0.3) is 0 Å². The normalized spacial score (nSPS) is 11.5. The molecule has 1 amide bonds. The van der Waals surface area contributed by atoms with Crippen LogP contribution < -0.4 is 11.1 Å². The Morgan fingerprint density at radius 3 is 2.71 bits per heavy atom. The highest BCUT2D eigenvalue weighted by Gasteiger charge is 2.14. The standard InChI is InChI=1S/C13H17N3O/c14-9-5-2-6-10-16-13(17)12(15)11-7-3-1-4-8-11/h1,3-4,7-8,12H,2,5-6,10,15H2,(H,16,17)/t12-/m1/s1. The maximum atomic E-state index is 11.7. The van der Waals surface area contributed by atoms with Gasteiger partial charge in [-0.15, -0.1) is 0 Å². The van der Waals surface area contributed by atoms with Gasteiger partial charge in [0.1, 0.15) is 6.04 Å². The van der Waals surface area contributed by atoms with E-state index in [9.17, 15) is 4.79 Å². The zero-order valence-electron chi connectivity index (χ0n) is 9.73. The van der Waals surface area contributed by atoms with E-state index in [-0.39, 0.29) is 5.91 Å². The first kappa shape index (κ1) is 13.2. The van der Waals surface area contributed by atoms with E-state index >= 15 is 0 Å². The van der Waals surface area contributed by atoms with Gasteiger partial charge in [-0.2, -0.15) is 5.26 Å². The van der Waals surface area contributed by atoms with E-state index in [0.717, 1.165) is 18.4 Å². The lowest BCUT2D eigenvalue weighted by Crippen LogP contribution is -2.34. The van der Waals surface area contributed by atoms with Crippen LogP contribution in [0.1, 0.15) is 30.9 Å². The number of carbonyl (C=O) groups is 1. The second-order valence-corrected chi connectivity index (χ2v) is 3.79. The number of unbranched alkanes of at least 4 members (excludes halogenated alkanes) is 2. The molecule has 1 aromatic rings. The number of nitriles is 1. The van der Waals surface area contributed by atoms with Gasteiger partial charge in [0.25, 0.3) is 0 Å². The fraction of sp³-hybridized carbons (Fsp3) is 0.385. The summed E-state index contributed by atoms with van der Waals surface area (Å²) in [5, 5.41) is 11.1. The highest BCUT2D eigenvalue weighted by atomic mass is 16.2. The van der Waals surface area contributed by atoms with Crippen LogP contribution in [0.2, 0.25) is 0 Å². The van der Waals surface area contributed by atoms with E-state index in [0.29, 0.717) is 13.0 Å². The molecule has 0 saturated heterocycles. The molecule has 4 nitrogen and oxygen atoms in total. The van der Waals surface area contributed by atoms with E-state index in [1.54, 1.807) is 0 Å². The molecule has 0 aliphatic heterocycles. The summed E-state index contributed by atoms with van der Waals surface area (Å²) in [6.45, 7) is 0.570. The monoisotopic (exact) mass is 231 g/mol. The van der Waals surface area contributed by atoms with E-state index in [2.05, 4.69) is 11.4 Å². The average Bonchev–Trinajstić information content (AvgIpc) is 2.38. The third-order valence-corrected chi connectivity index (χ3v) is 2.46. The molecule has 1 aromatic carbocycles. The molecule has 3 N–H and O–H groups in total. The van der Waals surface area contributed by atoms with Crippen LogP contribution >= 0.6 is 0 Å². The maximum absolute atomic E-state index is 11.7. The zero-order valence-corrected chi connectivity index (χ0v) is 9.73. The Hall–Kier alpha value is -1.86. The van der Waals surface area contributed by atoms with E-state index in [4.69, 9.17) is 11.0 Å². The number of hydrogen-bond acceptors (Lipinski definition) is 3. The molecule has 0 radical (unpaired) electrons. The lowest BCUT2D eigenvalue weighted by molar-refractivity contribution is -0.122. The molecule has 0 aliphatic rings. The lowest BCUT2D eigenvalue weighted by Gasteiger charge is -2.12. The number of hydrogen-bond donors (Lipinski definition) is 2. The summed E-state index contributed by atoms with van der Waals surface area (Å²) in [6.07, 6.45) is 2.14. The molecular formula is C13H17N3O. The van der Waals surface area contributed by atoms with E-state index in [1.165, 1.54) is 0 Å². The summed E-state index contributed by atoms with van der Waals surface area (Å²) in [5.41, 5.74) is 6.62. The van der Waals surface area contributed by atoms with Crippen LogP contribution in [0, 0.1) is 11.3 Å². The molecular weight excluding hydrogens is 214 g/mol. The Kier molecular flexibility index (Phi) is 5.76. The molecule has 0 heterocycles. The Morgan fingerprint density at radius 2 is 2.06 bits per heavy atom. The average molecular weight is 231 g/mol. The fourth-order valence-corrected chi connectivity index (χ4v) is 1.46. The van der Waals surface area contributed by atoms with Crippen molar-refractivity contribution >= 4 is 5.91 Å². The van der Waals surface area contributed by atoms with Crippen LogP contribution in [-0.4, -0.2) is 12.5 Å². The third kappa shape index (κ3) is 4.66. The van der Waals surface area contributed by atoms with Gasteiger partial charge in [-0.3, -0.25) is 4.79 Å². The quantitative estimate of drug-likeness (QED) is 0.728. The first-order valence-corrected chi connectivity index (χ1v) is 5.71. The number of carbonyl (C=O) groups excluding carboxylic acids is 1. The molecule has 1 rings (SSSR count). The molecule has 0 unspecified atom stereocenters. The molecule has 17 heavy (non-hydrogen) atoms. The summed E-state index contributed by atoms with van der Waals surface area (Å²) in [5.74, 6) is -0.173. The topological polar surface area (TPSA) is 78.9 Å². The van der Waals surface area contributed by atoms with Crippen LogP contribution in [0.15, 0.2) is 30.3 Å². The highest BCUT2D eigenvalue weighted by Crippen LogP contribution is 2.09. The van der Waals surface area contributed by atoms with Crippen LogP contribution in [0.5, 0.6) is 0 Å². The lowest BCUT2D eigenvalue weighted by atomic mass is 10.1. The van der Waals surface area contributed by atoms with Crippen molar-refractivity contribution in [2.75, 3.05) is 6.54 Å². The van der Waals surface area contributed by atoms with Crippen LogP contribution in [-0.2, 0) is 4.79 Å². The van der Waals surface area contributed by atoms with Crippen molar-refractivity contribution < 1.29 is 4.79 Å². The second kappa shape index (κ2) is 7.42. The first-order valence-electron chi connectivity index (χ1n) is 5.71. The van der Waals surface area contributed by atoms with Gasteiger partial charge in [0.15, 0.2) is 0 Å². The Labute approximate surface area is 101 Å². The maximum Gasteiger partial charge on any atom is 0.241 e. The third-order valence-electron chi connectivity index (χ3n) is 2.46. The van der Waals surface area contributed by atoms with Crippen molar-refractivity contribution in [1.82, 2.24) is 5.32 Å². The van der Waals surface area contributed by atoms with Gasteiger partial charge >= 0.3 is 0 Å². The second-order valence-electron chi connectivity index (χ2n) is 3.79. The number of nitrogens with one attached hydrogen (secondary N) is 1. The van der Waals surface area contributed by atoms with Crippen molar-refractivity contribution in [1.29, 1.82) is 5.26 Å². The van der Waals surface area contributed by atoms with Crippen LogP contribution in [0.3, 0.4) is 0 Å². The predicted octanol–water partition coefficient (Wildman–Crippen LogP) is 1.50. The predicted molar refractivity (Wildman–Crippen MR) is 65.8 cm³/mol. The van der Waals surface area contributed by atoms with Gasteiger partial charge in [-0.05, 0) is 18.4 Å². The van der Waals surface area contributed by atoms with Crippen molar-refractivity contribution in [3.63, 3.8) is 0 Å². The minimum Gasteiger partial charge on any atom is -0.354 e. The Bertz CT molecular complexity index is 383. The van der Waals surface area contributed by atoms with E-state index in [1.807, 2.05) is 30.3 Å². The molecule has 0 fully saturated rings. The molecule has 0 saturated carbocycles. The largest absolute Gasteiger partial charge is 0.354 e. The van der Waals surface area contributed by atoms with Crippen molar-refractivity contribution in [2.24, 2.45) is 5.73 Å². The minimum atomic E-state index is -0.618. The molecule has 0 aliphatic carbocycles. The van der Waals surface area contributed by atoms with Crippen LogP contribution in [0.4, 0.5) is 0 Å². The summed E-state index contributed by atoms with van der Waals surface area (Å²) in [4.78, 5) is 11.7. The molecule has 4 heteroatoms. The molecule has 0 spiro atoms. The Morgan fingerprint density at radius 1 is 1.35 bits per heavy atom. The minimum absolute atomic E-state index is 0.173. The summed E-state index contributed by atoms with van der Waals surface area (Å²) < 4.78 is 0. The van der Waals surface area contributed by atoms with Gasteiger partial charge in [0.2, 0.25) is 5.91 Å². The van der Waals surface area contributed by atoms with E-state index < -0.39 is 6.04 Å². The van der Waals surface area contributed by atoms with Crippen molar-refractivity contribution in [2.45, 2.75) is 25.3 Å². The van der Waals surface area contributed by atoms with Gasteiger partial charge in [0.05, 0.1) is 6.07 Å². The summed E-state index contributed by atoms with van der Waals surface area (Å²) in [7, 11) is 0. The molecule has 1 atom stereocenters. The highest BCUT2D eigenvalue weighted by molar-refractivity contribution is 5.82. The van der Waals surface area contributed by atoms with Crippen molar-refractivity contribution in [3.8, 4) is 6.07 Å². The molecule has 0 bridgehead atoms.